The van der Waals surface area contributed by atoms with Gasteiger partial charge in [0.15, 0.2) is 6.54 Å². The average molecular weight is 479 g/mol. The number of halogens is 1. The molecule has 0 spiro atoms. The van der Waals surface area contributed by atoms with Crippen molar-refractivity contribution in [1.82, 2.24) is 4.98 Å². The number of hydrogen-bond acceptors (Lipinski definition) is 3. The van der Waals surface area contributed by atoms with Crippen LogP contribution in [0.2, 0.25) is 0 Å². The smallest absolute Gasteiger partial charge is 0.356 e. The van der Waals surface area contributed by atoms with Crippen LogP contribution >= 0.6 is 15.9 Å². The van der Waals surface area contributed by atoms with Crippen molar-refractivity contribution >= 4 is 44.4 Å². The van der Waals surface area contributed by atoms with Gasteiger partial charge in [-0.3, -0.25) is 4.79 Å². The molecule has 2 fully saturated rings. The quantitative estimate of drug-likeness (QED) is 0.479. The van der Waals surface area contributed by atoms with Gasteiger partial charge in [0, 0.05) is 15.4 Å². The Bertz CT molecular complexity index is 914. The van der Waals surface area contributed by atoms with Crippen LogP contribution in [-0.2, 0) is 9.53 Å². The highest BCUT2D eigenvalue weighted by Gasteiger charge is 2.31. The lowest BCUT2D eigenvalue weighted by atomic mass is 9.94. The van der Waals surface area contributed by atoms with E-state index in [0.717, 1.165) is 47.6 Å². The minimum absolute atomic E-state index is 0.0721. The molecular weight excluding hydrogens is 448 g/mol. The molecule has 1 aromatic heterocycles. The van der Waals surface area contributed by atoms with Crippen molar-refractivity contribution in [2.24, 2.45) is 0 Å². The fraction of sp³-hybridized carbons (Fsp3) is 0.545. The summed E-state index contributed by atoms with van der Waals surface area (Å²) in [6, 6.07) is 6.48. The molecule has 4 N–H and O–H groups in total. The molecule has 1 saturated carbocycles. The summed E-state index contributed by atoms with van der Waals surface area (Å²) in [7, 11) is 1.34. The largest absolute Gasteiger partial charge is 0.464 e. The number of benzene rings is 1. The predicted molar refractivity (Wildman–Crippen MR) is 119 cm³/mol. The topological polar surface area (TPSA) is 80.1 Å². The number of aromatic nitrogens is 1. The van der Waals surface area contributed by atoms with E-state index >= 15 is 0 Å². The Morgan fingerprint density at radius 2 is 1.90 bits per heavy atom. The zero-order valence-electron chi connectivity index (χ0n) is 17.5. The van der Waals surface area contributed by atoms with Crippen LogP contribution in [0, 0.1) is 0 Å². The van der Waals surface area contributed by atoms with Crippen LogP contribution in [0.4, 0.5) is 5.69 Å². The first kappa shape index (κ1) is 21.3. The number of methoxy groups -OCH3 is 1. The zero-order valence-corrected chi connectivity index (χ0v) is 19.1. The van der Waals surface area contributed by atoms with Crippen LogP contribution in [-0.4, -0.2) is 62.7 Å². The van der Waals surface area contributed by atoms with Gasteiger partial charge in [-0.25, -0.2) is 4.79 Å². The van der Waals surface area contributed by atoms with Gasteiger partial charge in [-0.15, -0.1) is 0 Å². The molecule has 2 aromatic rings. The fourth-order valence-corrected chi connectivity index (χ4v) is 5.34. The van der Waals surface area contributed by atoms with Crippen molar-refractivity contribution in [3.63, 3.8) is 0 Å². The molecular formula is C22H31BrN4O3+2. The van der Waals surface area contributed by atoms with E-state index in [4.69, 9.17) is 4.74 Å². The minimum Gasteiger partial charge on any atom is -0.464 e. The highest BCUT2D eigenvalue weighted by molar-refractivity contribution is 9.10. The molecule has 0 bridgehead atoms. The normalized spacial score (nSPS) is 22.7. The van der Waals surface area contributed by atoms with Crippen molar-refractivity contribution in [2.45, 2.75) is 38.1 Å². The predicted octanol–water partition coefficient (Wildman–Crippen LogP) is 0.772. The van der Waals surface area contributed by atoms with Gasteiger partial charge in [-0.05, 0) is 43.9 Å². The molecule has 2 heterocycles. The van der Waals surface area contributed by atoms with E-state index in [1.165, 1.54) is 44.1 Å². The number of quaternary nitrogens is 2. The molecule has 1 aliphatic heterocycles. The maximum absolute atomic E-state index is 12.8. The van der Waals surface area contributed by atoms with Crippen molar-refractivity contribution in [3.05, 3.63) is 28.4 Å². The van der Waals surface area contributed by atoms with Gasteiger partial charge in [0.2, 0.25) is 0 Å². The van der Waals surface area contributed by atoms with Crippen molar-refractivity contribution in [1.29, 1.82) is 0 Å². The Balaban J connectivity index is 1.40. The lowest BCUT2D eigenvalue weighted by Crippen LogP contribution is -3.30. The molecule has 162 valence electrons. The first-order chi connectivity index (χ1) is 14.5. The molecule has 1 aliphatic carbocycles. The summed E-state index contributed by atoms with van der Waals surface area (Å²) in [6.07, 6.45) is 6.85. The maximum Gasteiger partial charge on any atom is 0.356 e. The molecule has 1 aromatic carbocycles. The number of rotatable bonds is 5. The third-order valence-corrected chi connectivity index (χ3v) is 7.10. The van der Waals surface area contributed by atoms with Gasteiger partial charge in [-0.1, -0.05) is 22.4 Å². The van der Waals surface area contributed by atoms with E-state index < -0.39 is 5.97 Å². The second kappa shape index (κ2) is 9.49. The van der Waals surface area contributed by atoms with E-state index in [1.54, 1.807) is 4.90 Å². The summed E-state index contributed by atoms with van der Waals surface area (Å²) in [5.74, 6) is -0.563. The third-order valence-electron chi connectivity index (χ3n) is 6.61. The number of amides is 1. The Morgan fingerprint density at radius 1 is 1.17 bits per heavy atom. The van der Waals surface area contributed by atoms with Crippen LogP contribution in [0.3, 0.4) is 0 Å². The van der Waals surface area contributed by atoms with Gasteiger partial charge in [-0.2, -0.15) is 0 Å². The monoisotopic (exact) mass is 478 g/mol. The van der Waals surface area contributed by atoms with Crippen LogP contribution < -0.4 is 15.1 Å². The summed E-state index contributed by atoms with van der Waals surface area (Å²) in [5, 5.41) is 3.77. The number of carbonyl (C=O) groups excluding carboxylic acids is 2. The number of carbonyl (C=O) groups is 2. The summed E-state index contributed by atoms with van der Waals surface area (Å²) in [5.41, 5.74) is 1.56. The molecule has 1 saturated heterocycles. The molecule has 30 heavy (non-hydrogen) atoms. The van der Waals surface area contributed by atoms with Crippen LogP contribution in [0.5, 0.6) is 0 Å². The summed E-state index contributed by atoms with van der Waals surface area (Å²) in [6.45, 7) is 4.73. The highest BCUT2D eigenvalue weighted by atomic mass is 79.9. The molecule has 8 heteroatoms. The number of aromatic amines is 1. The van der Waals surface area contributed by atoms with Gasteiger partial charge < -0.3 is 24.8 Å². The number of fused-ring (bicyclic) bond motifs is 1. The average Bonchev–Trinajstić information content (AvgIpc) is 3.11. The van der Waals surface area contributed by atoms with Crippen LogP contribution in [0.1, 0.15) is 42.6 Å². The number of piperazine rings is 1. The van der Waals surface area contributed by atoms with Crippen molar-refractivity contribution < 1.29 is 24.1 Å². The van der Waals surface area contributed by atoms with E-state index in [0.29, 0.717) is 12.2 Å². The van der Waals surface area contributed by atoms with Gasteiger partial charge in [0.25, 0.3) is 5.91 Å². The standard InChI is InChI=1S/C22H29BrN4O3/c1-30-22(29)21-20(17-13-15(23)7-8-18(17)24-21)25-19(28)14-26-9-11-27(12-10-26)16-5-3-2-4-6-16/h7-8,13,16,24H,2-6,9-12,14H2,1H3,(H,25,28)/p+2. The summed E-state index contributed by atoms with van der Waals surface area (Å²) < 4.78 is 5.78. The lowest BCUT2D eigenvalue weighted by Gasteiger charge is -2.36. The number of hydrogen-bond donors (Lipinski definition) is 4. The Labute approximate surface area is 185 Å². The van der Waals surface area contributed by atoms with Crippen molar-refractivity contribution in [2.75, 3.05) is 45.2 Å². The summed E-state index contributed by atoms with van der Waals surface area (Å²) >= 11 is 3.46. The SMILES string of the molecule is COC(=O)c1[nH]c2ccc(Br)cc2c1NC(=O)C[NH+]1CC[NH+](C2CCCCC2)CC1. The maximum atomic E-state index is 12.8. The van der Waals surface area contributed by atoms with E-state index in [-0.39, 0.29) is 11.6 Å². The molecule has 4 rings (SSSR count). The van der Waals surface area contributed by atoms with Crippen molar-refractivity contribution in [3.8, 4) is 0 Å². The van der Waals surface area contributed by atoms with Gasteiger partial charge >= 0.3 is 5.97 Å². The number of ether oxygens (including phenoxy) is 1. The van der Waals surface area contributed by atoms with Gasteiger partial charge in [0.1, 0.15) is 31.9 Å². The number of nitrogens with one attached hydrogen (secondary N) is 4. The number of esters is 1. The Kier molecular flexibility index (Phi) is 6.75. The Hall–Kier alpha value is -1.90. The highest BCUT2D eigenvalue weighted by Crippen LogP contribution is 2.30. The molecule has 1 amide bonds. The molecule has 0 atom stereocenters. The second-order valence-corrected chi connectivity index (χ2v) is 9.44. The van der Waals surface area contributed by atoms with Crippen LogP contribution in [0.15, 0.2) is 22.7 Å². The number of anilines is 1. The zero-order chi connectivity index (χ0) is 21.1. The van der Waals surface area contributed by atoms with Gasteiger partial charge in [0.05, 0.1) is 18.8 Å². The molecule has 0 unspecified atom stereocenters. The van der Waals surface area contributed by atoms with Crippen LogP contribution in [0.25, 0.3) is 10.9 Å². The first-order valence-corrected chi connectivity index (χ1v) is 11.7. The van der Waals surface area contributed by atoms with E-state index in [1.807, 2.05) is 18.2 Å². The van der Waals surface area contributed by atoms with E-state index in [2.05, 4.69) is 26.2 Å². The third kappa shape index (κ3) is 4.71. The molecule has 7 nitrogen and oxygen atoms in total. The first-order valence-electron chi connectivity index (χ1n) is 10.9. The van der Waals surface area contributed by atoms with E-state index in [9.17, 15) is 9.59 Å². The fourth-order valence-electron chi connectivity index (χ4n) is 4.98. The minimum atomic E-state index is -0.491. The second-order valence-electron chi connectivity index (χ2n) is 8.52. The number of H-pyrrole nitrogens is 1. The molecule has 0 radical (unpaired) electrons. The Morgan fingerprint density at radius 3 is 2.60 bits per heavy atom. The molecule has 2 aliphatic rings. The summed E-state index contributed by atoms with van der Waals surface area (Å²) in [4.78, 5) is 31.2. The lowest BCUT2D eigenvalue weighted by molar-refractivity contribution is -1.02.